The Kier molecular flexibility index (Phi) is 4.04. The van der Waals surface area contributed by atoms with Gasteiger partial charge < -0.3 is 21.5 Å². The van der Waals surface area contributed by atoms with Gasteiger partial charge in [0, 0.05) is 0 Å². The van der Waals surface area contributed by atoms with Crippen LogP contribution in [-0.4, -0.2) is 29.3 Å². The van der Waals surface area contributed by atoms with E-state index < -0.39 is 7.12 Å². The Balaban J connectivity index is 2.99. The molecule has 1 aromatic carbocycles. The van der Waals surface area contributed by atoms with Gasteiger partial charge in [0.1, 0.15) is 0 Å². The zero-order valence-corrected chi connectivity index (χ0v) is 8.83. The first-order chi connectivity index (χ1) is 7.50. The van der Waals surface area contributed by atoms with Crippen LogP contribution in [0.4, 0.5) is 0 Å². The van der Waals surface area contributed by atoms with E-state index in [0.717, 1.165) is 11.1 Å². The first-order valence-electron chi connectivity index (χ1n) is 4.59. The second-order valence-electron chi connectivity index (χ2n) is 3.26. The van der Waals surface area contributed by atoms with E-state index in [1.165, 1.54) is 6.21 Å². The summed E-state index contributed by atoms with van der Waals surface area (Å²) in [5.74, 6) is -0.132. The lowest BCUT2D eigenvalue weighted by molar-refractivity contribution is 0.426. The van der Waals surface area contributed by atoms with Gasteiger partial charge in [0.2, 0.25) is 5.96 Å². The molecular weight excluding hydrogens is 207 g/mol. The highest BCUT2D eigenvalue weighted by atomic mass is 16.4. The third kappa shape index (κ3) is 3.37. The molecule has 6 nitrogen and oxygen atoms in total. The van der Waals surface area contributed by atoms with E-state index in [1.807, 2.05) is 6.92 Å². The van der Waals surface area contributed by atoms with Crippen LogP contribution in [0.2, 0.25) is 0 Å². The fourth-order valence-electron chi connectivity index (χ4n) is 1.12. The summed E-state index contributed by atoms with van der Waals surface area (Å²) in [6, 6.07) is 4.98. The molecule has 0 bridgehead atoms. The van der Waals surface area contributed by atoms with Crippen molar-refractivity contribution in [3.63, 3.8) is 0 Å². The van der Waals surface area contributed by atoms with Crippen molar-refractivity contribution in [1.29, 1.82) is 0 Å². The summed E-state index contributed by atoms with van der Waals surface area (Å²) in [5, 5.41) is 25.1. The molecule has 0 saturated heterocycles. The molecule has 16 heavy (non-hydrogen) atoms. The maximum absolute atomic E-state index is 9.00. The van der Waals surface area contributed by atoms with Crippen molar-refractivity contribution in [2.45, 2.75) is 6.92 Å². The third-order valence-corrected chi connectivity index (χ3v) is 1.97. The standard InChI is InChI=1S/C9H13BN4O2/c1-6-2-3-8(10(15)16)4-7(6)5-13-14-9(11)12/h2-5,15-16H,1H3,(H4,11,12,14). The lowest BCUT2D eigenvalue weighted by Crippen LogP contribution is -2.30. The van der Waals surface area contributed by atoms with Crippen molar-refractivity contribution >= 4 is 24.8 Å². The summed E-state index contributed by atoms with van der Waals surface area (Å²) >= 11 is 0. The molecule has 1 aromatic rings. The van der Waals surface area contributed by atoms with E-state index in [2.05, 4.69) is 10.2 Å². The quantitative estimate of drug-likeness (QED) is 0.210. The van der Waals surface area contributed by atoms with Crippen LogP contribution in [0.1, 0.15) is 11.1 Å². The van der Waals surface area contributed by atoms with Crippen molar-refractivity contribution in [2.24, 2.45) is 21.7 Å². The molecule has 0 atom stereocenters. The Hall–Kier alpha value is -1.86. The first kappa shape index (κ1) is 12.2. The van der Waals surface area contributed by atoms with E-state index in [0.29, 0.717) is 5.46 Å². The Morgan fingerprint density at radius 3 is 2.62 bits per heavy atom. The van der Waals surface area contributed by atoms with Crippen molar-refractivity contribution in [2.75, 3.05) is 0 Å². The number of nitrogens with zero attached hydrogens (tertiary/aromatic N) is 2. The highest BCUT2D eigenvalue weighted by Gasteiger charge is 2.11. The first-order valence-corrected chi connectivity index (χ1v) is 4.59. The fraction of sp³-hybridized carbons (Fsp3) is 0.111. The van der Waals surface area contributed by atoms with Crippen LogP contribution in [-0.2, 0) is 0 Å². The van der Waals surface area contributed by atoms with Gasteiger partial charge in [0.05, 0.1) is 6.21 Å². The largest absolute Gasteiger partial charge is 0.488 e. The van der Waals surface area contributed by atoms with Gasteiger partial charge in [-0.15, -0.1) is 5.10 Å². The predicted octanol–water partition coefficient (Wildman–Crippen LogP) is -1.72. The van der Waals surface area contributed by atoms with E-state index in [4.69, 9.17) is 21.5 Å². The van der Waals surface area contributed by atoms with Crippen molar-refractivity contribution in [3.05, 3.63) is 29.3 Å². The Morgan fingerprint density at radius 2 is 2.06 bits per heavy atom. The number of nitrogens with two attached hydrogens (primary N) is 2. The lowest BCUT2D eigenvalue weighted by atomic mass is 9.79. The number of hydrogen-bond acceptors (Lipinski definition) is 4. The molecule has 0 heterocycles. The number of benzene rings is 1. The maximum atomic E-state index is 9.00. The van der Waals surface area contributed by atoms with Gasteiger partial charge in [-0.2, -0.15) is 5.10 Å². The molecule has 0 aliphatic carbocycles. The average molecular weight is 220 g/mol. The predicted molar refractivity (Wildman–Crippen MR) is 64.4 cm³/mol. The molecule has 0 aliphatic heterocycles. The van der Waals surface area contributed by atoms with Crippen LogP contribution in [0.5, 0.6) is 0 Å². The topological polar surface area (TPSA) is 117 Å². The second kappa shape index (κ2) is 5.29. The molecule has 6 N–H and O–H groups in total. The normalized spacial score (nSPS) is 10.4. The molecule has 1 rings (SSSR count). The monoisotopic (exact) mass is 220 g/mol. The number of rotatable bonds is 3. The smallest absolute Gasteiger partial charge is 0.423 e. The molecular formula is C9H13BN4O2. The highest BCUT2D eigenvalue weighted by molar-refractivity contribution is 6.58. The Morgan fingerprint density at radius 1 is 1.38 bits per heavy atom. The van der Waals surface area contributed by atoms with Crippen molar-refractivity contribution in [1.82, 2.24) is 0 Å². The van der Waals surface area contributed by atoms with Gasteiger partial charge in [-0.25, -0.2) is 0 Å². The van der Waals surface area contributed by atoms with Gasteiger partial charge in [0.25, 0.3) is 0 Å². The molecule has 0 radical (unpaired) electrons. The Bertz CT molecular complexity index is 428. The van der Waals surface area contributed by atoms with E-state index in [9.17, 15) is 0 Å². The molecule has 0 aromatic heterocycles. The van der Waals surface area contributed by atoms with Crippen LogP contribution in [0.25, 0.3) is 0 Å². The molecule has 7 heteroatoms. The number of hydrogen-bond donors (Lipinski definition) is 4. The summed E-state index contributed by atoms with van der Waals surface area (Å²) in [7, 11) is -1.50. The maximum Gasteiger partial charge on any atom is 0.488 e. The highest BCUT2D eigenvalue weighted by Crippen LogP contribution is 2.03. The summed E-state index contributed by atoms with van der Waals surface area (Å²) in [5.41, 5.74) is 12.2. The molecule has 0 amide bonds. The van der Waals surface area contributed by atoms with Crippen molar-refractivity contribution < 1.29 is 10.0 Å². The Labute approximate surface area is 93.4 Å². The number of guanidine groups is 1. The molecule has 84 valence electrons. The SMILES string of the molecule is Cc1ccc(B(O)O)cc1C=NN=C(N)N. The fourth-order valence-corrected chi connectivity index (χ4v) is 1.12. The zero-order valence-electron chi connectivity index (χ0n) is 8.83. The van der Waals surface area contributed by atoms with Gasteiger partial charge in [-0.1, -0.05) is 18.2 Å². The van der Waals surface area contributed by atoms with E-state index in [1.54, 1.807) is 18.2 Å². The van der Waals surface area contributed by atoms with Gasteiger partial charge >= 0.3 is 7.12 Å². The molecule has 0 aliphatic rings. The van der Waals surface area contributed by atoms with E-state index >= 15 is 0 Å². The van der Waals surface area contributed by atoms with Gasteiger partial charge in [-0.05, 0) is 23.5 Å². The van der Waals surface area contributed by atoms with Gasteiger partial charge in [-0.3, -0.25) is 0 Å². The number of aryl methyl sites for hydroxylation is 1. The minimum atomic E-state index is -1.50. The third-order valence-electron chi connectivity index (χ3n) is 1.97. The minimum absolute atomic E-state index is 0.132. The molecule has 0 unspecified atom stereocenters. The van der Waals surface area contributed by atoms with Crippen LogP contribution >= 0.6 is 0 Å². The summed E-state index contributed by atoms with van der Waals surface area (Å²) < 4.78 is 0. The van der Waals surface area contributed by atoms with Gasteiger partial charge in [0.15, 0.2) is 0 Å². The van der Waals surface area contributed by atoms with Crippen LogP contribution < -0.4 is 16.9 Å². The molecule has 0 fully saturated rings. The van der Waals surface area contributed by atoms with E-state index in [-0.39, 0.29) is 5.96 Å². The van der Waals surface area contributed by atoms with Crippen molar-refractivity contribution in [3.8, 4) is 0 Å². The summed E-state index contributed by atoms with van der Waals surface area (Å²) in [6.45, 7) is 1.87. The molecule has 0 saturated carbocycles. The van der Waals surface area contributed by atoms with Crippen LogP contribution in [0, 0.1) is 6.92 Å². The second-order valence-corrected chi connectivity index (χ2v) is 3.26. The summed E-state index contributed by atoms with van der Waals surface area (Å²) in [6.07, 6.45) is 1.45. The average Bonchev–Trinajstić information content (AvgIpc) is 2.20. The summed E-state index contributed by atoms with van der Waals surface area (Å²) in [4.78, 5) is 0. The van der Waals surface area contributed by atoms with Crippen LogP contribution in [0.3, 0.4) is 0 Å². The minimum Gasteiger partial charge on any atom is -0.423 e. The molecule has 0 spiro atoms. The lowest BCUT2D eigenvalue weighted by Gasteiger charge is -2.03. The van der Waals surface area contributed by atoms with Crippen LogP contribution in [0.15, 0.2) is 28.4 Å². The zero-order chi connectivity index (χ0) is 12.1.